The Morgan fingerprint density at radius 2 is 0.486 bits per heavy atom. The van der Waals surface area contributed by atoms with Gasteiger partial charge in [0.05, 0.1) is 13.2 Å². The van der Waals surface area contributed by atoms with Gasteiger partial charge in [0, 0.05) is 0 Å². The monoisotopic (exact) mass is 947 g/mol. The summed E-state index contributed by atoms with van der Waals surface area (Å²) in [4.78, 5) is 0. The van der Waals surface area contributed by atoms with Crippen molar-refractivity contribution in [3.63, 3.8) is 0 Å². The van der Waals surface area contributed by atoms with Crippen LogP contribution >= 0.6 is 0 Å². The van der Waals surface area contributed by atoms with E-state index < -0.39 is 0 Å². The van der Waals surface area contributed by atoms with Crippen LogP contribution in [0.2, 0.25) is 0 Å². The Morgan fingerprint density at radius 1 is 0.278 bits per heavy atom. The van der Waals surface area contributed by atoms with Crippen LogP contribution in [0.25, 0.3) is 129 Å². The van der Waals surface area contributed by atoms with Crippen LogP contribution in [0.1, 0.15) is 167 Å². The van der Waals surface area contributed by atoms with Gasteiger partial charge in [0.15, 0.2) is 0 Å². The van der Waals surface area contributed by atoms with E-state index >= 15 is 0 Å². The minimum Gasteiger partial charge on any atom is -0.493 e. The highest BCUT2D eigenvalue weighted by atomic mass is 16.5. The first-order valence-electron chi connectivity index (χ1n) is 27.5. The second kappa shape index (κ2) is 14.5. The van der Waals surface area contributed by atoms with Crippen molar-refractivity contribution in [1.82, 2.24) is 0 Å². The Labute approximate surface area is 426 Å². The van der Waals surface area contributed by atoms with Crippen molar-refractivity contribution in [3.8, 4) is 11.5 Å². The SMILES string of the molecule is CCCCOc1c(C)c2c3cc(C(C)(C)C)cc4c5cc(C(C)(C)C)cc6c7cc(C(C)(C)C)cc8c9cc(C(C)(C)C)cc%10c%11c(C)c(OCCCC)c(C)c%12c(c1C)c2c1c(c43)c(c65)c(c78)c(c9%10)c1c%11%12. The first-order valence-corrected chi connectivity index (χ1v) is 27.5. The van der Waals surface area contributed by atoms with Crippen molar-refractivity contribution in [2.75, 3.05) is 13.2 Å². The molecule has 0 spiro atoms. The molecule has 0 fully saturated rings. The molecule has 0 saturated carbocycles. The van der Waals surface area contributed by atoms with Crippen molar-refractivity contribution < 1.29 is 9.47 Å². The van der Waals surface area contributed by atoms with Gasteiger partial charge < -0.3 is 9.47 Å². The van der Waals surface area contributed by atoms with E-state index in [4.69, 9.17) is 9.47 Å². The highest BCUT2D eigenvalue weighted by Gasteiger charge is 2.37. The molecule has 13 aromatic carbocycles. The van der Waals surface area contributed by atoms with Gasteiger partial charge in [0.1, 0.15) is 11.5 Å². The smallest absolute Gasteiger partial charge is 0.126 e. The van der Waals surface area contributed by atoms with Gasteiger partial charge in [-0.2, -0.15) is 0 Å². The zero-order valence-corrected chi connectivity index (χ0v) is 46.7. The van der Waals surface area contributed by atoms with Crippen LogP contribution in [0.3, 0.4) is 0 Å². The van der Waals surface area contributed by atoms with Crippen molar-refractivity contribution >= 4 is 129 Å². The number of benzene rings is 13. The molecule has 0 bridgehead atoms. The van der Waals surface area contributed by atoms with Gasteiger partial charge in [0.25, 0.3) is 0 Å². The van der Waals surface area contributed by atoms with Crippen molar-refractivity contribution in [2.24, 2.45) is 0 Å². The van der Waals surface area contributed by atoms with E-state index in [2.05, 4.69) is 173 Å². The standard InChI is InChI=1S/C70H74O2/c1-19-21-23-71-65-33(3)49-47-31-39(69(13,14)15)29-45-43-27-37(67(7,8)9)25-41-42-26-38(68(10,11)12)28-44-46-30-40(70(16,17)18)32-48-50-34(4)66(72-24-22-20-2)36(6)52-51(35(65)5)57(49)63-61(55(45)47)59(53(41)43)60(54(42)44)62(56(46)48)64(63)58(50)52/h25-32H,19-24H2,1-18H3. The number of hydrogen-bond donors (Lipinski definition) is 0. The highest BCUT2D eigenvalue weighted by molar-refractivity contribution is 6.61. The van der Waals surface area contributed by atoms with Crippen LogP contribution in [0, 0.1) is 27.7 Å². The largest absolute Gasteiger partial charge is 0.493 e. The first-order chi connectivity index (χ1) is 33.9. The second-order valence-corrected chi connectivity index (χ2v) is 26.8. The molecule has 13 aromatic rings. The molecule has 0 aliphatic carbocycles. The van der Waals surface area contributed by atoms with E-state index in [1.807, 2.05) is 0 Å². The molecule has 0 amide bonds. The molecule has 0 aliphatic rings. The summed E-state index contributed by atoms with van der Waals surface area (Å²) < 4.78 is 14.3. The topological polar surface area (TPSA) is 18.5 Å². The molecule has 0 heterocycles. The number of rotatable bonds is 8. The fraction of sp³-hybridized carbons (Fsp3) is 0.400. The van der Waals surface area contributed by atoms with Gasteiger partial charge in [0.2, 0.25) is 0 Å². The summed E-state index contributed by atoms with van der Waals surface area (Å²) >= 11 is 0. The summed E-state index contributed by atoms with van der Waals surface area (Å²) in [5.74, 6) is 2.10. The number of ether oxygens (including phenoxy) is 2. The van der Waals surface area contributed by atoms with E-state index in [1.54, 1.807) is 0 Å². The average Bonchev–Trinajstić information content (AvgIpc) is 3.30. The molecule has 0 N–H and O–H groups in total. The lowest BCUT2D eigenvalue weighted by Crippen LogP contribution is -2.14. The summed E-state index contributed by atoms with van der Waals surface area (Å²) in [6.45, 7) is 44.3. The molecule has 2 nitrogen and oxygen atoms in total. The molecule has 72 heavy (non-hydrogen) atoms. The zero-order valence-electron chi connectivity index (χ0n) is 46.7. The van der Waals surface area contributed by atoms with Crippen LogP contribution in [0.15, 0.2) is 48.5 Å². The van der Waals surface area contributed by atoms with E-state index in [-0.39, 0.29) is 21.7 Å². The average molecular weight is 947 g/mol. The highest BCUT2D eigenvalue weighted by Crippen LogP contribution is 2.63. The predicted octanol–water partition coefficient (Wildman–Crippen LogP) is 20.9. The first kappa shape index (κ1) is 46.0. The zero-order chi connectivity index (χ0) is 50.9. The Hall–Kier alpha value is -5.86. The van der Waals surface area contributed by atoms with Crippen molar-refractivity contribution in [1.29, 1.82) is 0 Å². The van der Waals surface area contributed by atoms with E-state index in [9.17, 15) is 0 Å². The summed E-state index contributed by atoms with van der Waals surface area (Å²) in [6, 6.07) is 20.9. The molecule has 0 unspecified atom stereocenters. The quantitative estimate of drug-likeness (QED) is 0.0858. The number of aryl methyl sites for hydroxylation is 4. The normalized spacial score (nSPS) is 14.0. The predicted molar refractivity (Wildman–Crippen MR) is 318 cm³/mol. The molecule has 2 heteroatoms. The fourth-order valence-electron chi connectivity index (χ4n) is 14.2. The fourth-order valence-corrected chi connectivity index (χ4v) is 14.2. The maximum absolute atomic E-state index is 7.17. The van der Waals surface area contributed by atoms with Gasteiger partial charge in [-0.3, -0.25) is 0 Å². The van der Waals surface area contributed by atoms with Crippen molar-refractivity contribution in [2.45, 2.75) is 172 Å². The van der Waals surface area contributed by atoms with Crippen LogP contribution < -0.4 is 9.47 Å². The van der Waals surface area contributed by atoms with Gasteiger partial charge in [-0.25, -0.2) is 0 Å². The van der Waals surface area contributed by atoms with Crippen LogP contribution in [0.5, 0.6) is 11.5 Å². The minimum absolute atomic E-state index is 0.0737. The third-order valence-corrected chi connectivity index (χ3v) is 18.0. The van der Waals surface area contributed by atoms with E-state index in [0.29, 0.717) is 13.2 Å². The maximum Gasteiger partial charge on any atom is 0.126 e. The number of unbranched alkanes of at least 4 members (excludes halogenated alkanes) is 2. The van der Waals surface area contributed by atoms with E-state index in [1.165, 1.54) is 174 Å². The van der Waals surface area contributed by atoms with Crippen LogP contribution in [0.4, 0.5) is 0 Å². The summed E-state index contributed by atoms with van der Waals surface area (Å²) in [7, 11) is 0. The molecule has 13 rings (SSSR count). The van der Waals surface area contributed by atoms with Crippen LogP contribution in [-0.2, 0) is 21.7 Å². The summed E-state index contributed by atoms with van der Waals surface area (Å²) in [6.07, 6.45) is 4.20. The third-order valence-electron chi connectivity index (χ3n) is 18.0. The third kappa shape index (κ3) is 5.68. The van der Waals surface area contributed by atoms with Crippen molar-refractivity contribution in [3.05, 3.63) is 93.0 Å². The minimum atomic E-state index is -0.0930. The molecule has 0 radical (unpaired) electrons. The lowest BCUT2D eigenvalue weighted by Gasteiger charge is -2.33. The Morgan fingerprint density at radius 3 is 0.736 bits per heavy atom. The summed E-state index contributed by atoms with van der Waals surface area (Å²) in [5, 5.41) is 33.6. The lowest BCUT2D eigenvalue weighted by atomic mass is 9.69. The Kier molecular flexibility index (Phi) is 9.23. The van der Waals surface area contributed by atoms with Gasteiger partial charge in [-0.1, -0.05) is 110 Å². The molecular formula is C70H74O2. The lowest BCUT2D eigenvalue weighted by molar-refractivity contribution is 0.306. The Balaban J connectivity index is 1.49. The second-order valence-electron chi connectivity index (χ2n) is 26.8. The van der Waals surface area contributed by atoms with Gasteiger partial charge in [-0.15, -0.1) is 0 Å². The summed E-state index contributed by atoms with van der Waals surface area (Å²) in [5.41, 5.74) is 10.2. The van der Waals surface area contributed by atoms with E-state index in [0.717, 1.165) is 37.2 Å². The van der Waals surface area contributed by atoms with Gasteiger partial charge >= 0.3 is 0 Å². The van der Waals surface area contributed by atoms with Gasteiger partial charge in [-0.05, 0) is 285 Å². The molecule has 0 aromatic heterocycles. The molecule has 0 aliphatic heterocycles. The van der Waals surface area contributed by atoms with Crippen LogP contribution in [-0.4, -0.2) is 13.2 Å². The number of fused-ring (bicyclic) bond motifs is 6. The number of hydrogen-bond acceptors (Lipinski definition) is 2. The molecule has 0 atom stereocenters. The molecule has 0 saturated heterocycles. The molecular weight excluding hydrogens is 873 g/mol. The molecule has 366 valence electrons. The Bertz CT molecular complexity index is 4110. The maximum atomic E-state index is 7.17.